The predicted octanol–water partition coefficient (Wildman–Crippen LogP) is 2.02. The largest absolute Gasteiger partial charge is 0.301 e. The van der Waals surface area contributed by atoms with Gasteiger partial charge in [-0.15, -0.1) is 0 Å². The number of hydrogen-bond acceptors (Lipinski definition) is 4. The first-order chi connectivity index (χ1) is 6.02. The first-order valence-electron chi connectivity index (χ1n) is 3.02. The molecular weight excluding hydrogens is 219 g/mol. The summed E-state index contributed by atoms with van der Waals surface area (Å²) in [5.74, 6) is 0. The van der Waals surface area contributed by atoms with Crippen LogP contribution >= 0.6 is 23.2 Å². The van der Waals surface area contributed by atoms with E-state index in [4.69, 9.17) is 23.2 Å². The first-order valence-corrected chi connectivity index (χ1v) is 3.77. The van der Waals surface area contributed by atoms with Gasteiger partial charge < -0.3 is 0 Å². The van der Waals surface area contributed by atoms with Crippen molar-refractivity contribution in [2.75, 3.05) is 0 Å². The van der Waals surface area contributed by atoms with Crippen LogP contribution in [0, 0.1) is 10.1 Å². The summed E-state index contributed by atoms with van der Waals surface area (Å²) in [5.41, 5.74) is -0.899. The Hall–Kier alpha value is -1.20. The van der Waals surface area contributed by atoms with Gasteiger partial charge in [0.2, 0.25) is 5.69 Å². The van der Waals surface area contributed by atoms with E-state index in [2.05, 4.69) is 4.98 Å². The number of carbonyl (C=O) groups excluding carboxylic acids is 1. The summed E-state index contributed by atoms with van der Waals surface area (Å²) in [7, 11) is 0. The summed E-state index contributed by atoms with van der Waals surface area (Å²) in [6.45, 7) is 0. The molecule has 0 saturated carbocycles. The Labute approximate surface area is 82.4 Å². The third kappa shape index (κ3) is 2.13. The number of carbonyl (C=O) groups is 1. The van der Waals surface area contributed by atoms with Crippen molar-refractivity contribution >= 4 is 34.1 Å². The molecule has 0 saturated heterocycles. The van der Waals surface area contributed by atoms with Gasteiger partial charge in [-0.05, 0) is 11.6 Å². The molecule has 0 bridgehead atoms. The standard InChI is InChI=1S/C6H2Cl2N2O3/c7-3-1-4(10(12)13)5(6(8)11)9-2-3/h1-2H. The lowest BCUT2D eigenvalue weighted by molar-refractivity contribution is -0.385. The minimum Gasteiger partial charge on any atom is -0.274 e. The molecule has 0 aliphatic heterocycles. The van der Waals surface area contributed by atoms with E-state index in [0.717, 1.165) is 12.3 Å². The van der Waals surface area contributed by atoms with Crippen molar-refractivity contribution < 1.29 is 9.72 Å². The SMILES string of the molecule is O=C(Cl)c1ncc(Cl)cc1[N+](=O)[O-]. The number of rotatable bonds is 2. The normalized spacial score (nSPS) is 9.69. The highest BCUT2D eigenvalue weighted by Gasteiger charge is 2.20. The van der Waals surface area contributed by atoms with Crippen molar-refractivity contribution in [2.45, 2.75) is 0 Å². The Morgan fingerprint density at radius 1 is 1.62 bits per heavy atom. The zero-order valence-corrected chi connectivity index (χ0v) is 7.54. The summed E-state index contributed by atoms with van der Waals surface area (Å²) in [6, 6.07) is 1.02. The Morgan fingerprint density at radius 2 is 2.23 bits per heavy atom. The van der Waals surface area contributed by atoms with Crippen molar-refractivity contribution in [3.8, 4) is 0 Å². The summed E-state index contributed by atoms with van der Waals surface area (Å²) < 4.78 is 0. The first kappa shape index (κ1) is 9.88. The molecule has 0 radical (unpaired) electrons. The average molecular weight is 221 g/mol. The fourth-order valence-electron chi connectivity index (χ4n) is 0.719. The van der Waals surface area contributed by atoms with Crippen molar-refractivity contribution in [3.05, 3.63) is 33.1 Å². The smallest absolute Gasteiger partial charge is 0.274 e. The van der Waals surface area contributed by atoms with E-state index in [9.17, 15) is 14.9 Å². The molecule has 0 aliphatic carbocycles. The zero-order chi connectivity index (χ0) is 10.0. The van der Waals surface area contributed by atoms with Gasteiger partial charge in [-0.1, -0.05) is 11.6 Å². The fourth-order valence-corrected chi connectivity index (χ4v) is 1.02. The van der Waals surface area contributed by atoms with Crippen molar-refractivity contribution in [1.82, 2.24) is 4.98 Å². The van der Waals surface area contributed by atoms with Gasteiger partial charge in [0.15, 0.2) is 0 Å². The summed E-state index contributed by atoms with van der Waals surface area (Å²) in [4.78, 5) is 23.7. The monoisotopic (exact) mass is 220 g/mol. The molecule has 5 nitrogen and oxygen atoms in total. The number of nitrogens with zero attached hydrogens (tertiary/aromatic N) is 2. The van der Waals surface area contributed by atoms with Crippen LogP contribution in [0.4, 0.5) is 5.69 Å². The molecule has 0 N–H and O–H groups in total. The molecule has 68 valence electrons. The fraction of sp³-hybridized carbons (Fsp3) is 0. The summed E-state index contributed by atoms with van der Waals surface area (Å²) in [6.07, 6.45) is 1.12. The number of pyridine rings is 1. The number of nitro groups is 1. The van der Waals surface area contributed by atoms with E-state index in [0.29, 0.717) is 0 Å². The maximum atomic E-state index is 10.6. The van der Waals surface area contributed by atoms with E-state index in [1.165, 1.54) is 0 Å². The van der Waals surface area contributed by atoms with Crippen LogP contribution in [0.2, 0.25) is 5.02 Å². The average Bonchev–Trinajstić information content (AvgIpc) is 2.03. The van der Waals surface area contributed by atoms with Gasteiger partial charge in [0.05, 0.1) is 9.95 Å². The predicted molar refractivity (Wildman–Crippen MR) is 46.1 cm³/mol. The van der Waals surface area contributed by atoms with Crippen LogP contribution < -0.4 is 0 Å². The van der Waals surface area contributed by atoms with Crippen LogP contribution in [0.1, 0.15) is 10.5 Å². The van der Waals surface area contributed by atoms with Gasteiger partial charge in [-0.2, -0.15) is 0 Å². The Morgan fingerprint density at radius 3 is 2.69 bits per heavy atom. The molecular formula is C6H2Cl2N2O3. The summed E-state index contributed by atoms with van der Waals surface area (Å²) >= 11 is 10.5. The molecule has 1 heterocycles. The second-order valence-corrected chi connectivity index (χ2v) is 2.83. The van der Waals surface area contributed by atoms with Crippen molar-refractivity contribution in [2.24, 2.45) is 0 Å². The molecule has 0 aliphatic rings. The minimum atomic E-state index is -0.983. The van der Waals surface area contributed by atoms with E-state index >= 15 is 0 Å². The van der Waals surface area contributed by atoms with Crippen LogP contribution in [-0.2, 0) is 0 Å². The lowest BCUT2D eigenvalue weighted by atomic mass is 10.3. The lowest BCUT2D eigenvalue weighted by Gasteiger charge is -1.96. The van der Waals surface area contributed by atoms with Crippen LogP contribution in [0.15, 0.2) is 12.3 Å². The number of aromatic nitrogens is 1. The van der Waals surface area contributed by atoms with Crippen LogP contribution in [-0.4, -0.2) is 15.1 Å². The Kier molecular flexibility index (Phi) is 2.79. The third-order valence-electron chi connectivity index (χ3n) is 1.22. The molecule has 0 spiro atoms. The molecule has 7 heteroatoms. The molecule has 1 aromatic heterocycles. The van der Waals surface area contributed by atoms with E-state index in [1.807, 2.05) is 0 Å². The molecule has 0 amide bonds. The molecule has 1 aromatic rings. The maximum absolute atomic E-state index is 10.6. The van der Waals surface area contributed by atoms with Crippen LogP contribution in [0.25, 0.3) is 0 Å². The maximum Gasteiger partial charge on any atom is 0.301 e. The van der Waals surface area contributed by atoms with Crippen molar-refractivity contribution in [1.29, 1.82) is 0 Å². The van der Waals surface area contributed by atoms with Gasteiger partial charge in [-0.25, -0.2) is 4.98 Å². The van der Waals surface area contributed by atoms with E-state index < -0.39 is 21.5 Å². The number of halogens is 2. The van der Waals surface area contributed by atoms with E-state index in [1.54, 1.807) is 0 Å². The third-order valence-corrected chi connectivity index (χ3v) is 1.60. The molecule has 0 atom stereocenters. The second-order valence-electron chi connectivity index (χ2n) is 2.05. The summed E-state index contributed by atoms with van der Waals surface area (Å²) in [5, 5.41) is 9.47. The molecule has 1 rings (SSSR count). The number of hydrogen-bond donors (Lipinski definition) is 0. The van der Waals surface area contributed by atoms with Crippen LogP contribution in [0.5, 0.6) is 0 Å². The lowest BCUT2D eigenvalue weighted by Crippen LogP contribution is -2.01. The van der Waals surface area contributed by atoms with Crippen LogP contribution in [0.3, 0.4) is 0 Å². The van der Waals surface area contributed by atoms with Gasteiger partial charge >= 0.3 is 5.69 Å². The Balaban J connectivity index is 3.35. The van der Waals surface area contributed by atoms with Gasteiger partial charge in [-0.3, -0.25) is 14.9 Å². The highest BCUT2D eigenvalue weighted by Crippen LogP contribution is 2.21. The molecule has 0 unspecified atom stereocenters. The minimum absolute atomic E-state index is 0.0772. The molecule has 13 heavy (non-hydrogen) atoms. The van der Waals surface area contributed by atoms with E-state index in [-0.39, 0.29) is 5.02 Å². The quantitative estimate of drug-likeness (QED) is 0.435. The zero-order valence-electron chi connectivity index (χ0n) is 6.03. The van der Waals surface area contributed by atoms with Crippen molar-refractivity contribution in [3.63, 3.8) is 0 Å². The molecule has 0 aromatic carbocycles. The molecule has 0 fully saturated rings. The van der Waals surface area contributed by atoms with Gasteiger partial charge in [0, 0.05) is 12.3 Å². The Bertz CT molecular complexity index is 380. The topological polar surface area (TPSA) is 73.1 Å². The highest BCUT2D eigenvalue weighted by molar-refractivity contribution is 6.67. The highest BCUT2D eigenvalue weighted by atomic mass is 35.5. The second kappa shape index (κ2) is 3.68. The van der Waals surface area contributed by atoms with Gasteiger partial charge in [0.25, 0.3) is 5.24 Å². The van der Waals surface area contributed by atoms with Gasteiger partial charge in [0.1, 0.15) is 0 Å².